The summed E-state index contributed by atoms with van der Waals surface area (Å²) >= 11 is 0. The van der Waals surface area contributed by atoms with Gasteiger partial charge in [-0.25, -0.2) is 0 Å². The Labute approximate surface area is 176 Å². The van der Waals surface area contributed by atoms with Crippen LogP contribution in [-0.4, -0.2) is 83.8 Å². The molecule has 3 amide bonds. The molecule has 4 aliphatic rings. The molecule has 3 fully saturated rings. The quantitative estimate of drug-likeness (QED) is 0.675. The minimum atomic E-state index is -0.552. The summed E-state index contributed by atoms with van der Waals surface area (Å²) in [6.45, 7) is 7.92. The Hall–Kier alpha value is -2.29. The highest BCUT2D eigenvalue weighted by molar-refractivity contribution is 6.05. The Kier molecular flexibility index (Phi) is 5.30. The number of imide groups is 1. The van der Waals surface area contributed by atoms with Crippen LogP contribution in [0.2, 0.25) is 0 Å². The van der Waals surface area contributed by atoms with Crippen molar-refractivity contribution < 1.29 is 14.4 Å². The summed E-state index contributed by atoms with van der Waals surface area (Å²) in [5.41, 5.74) is 2.88. The van der Waals surface area contributed by atoms with Gasteiger partial charge in [0.2, 0.25) is 11.8 Å². The average molecular weight is 412 g/mol. The number of piperazine rings is 1. The second-order valence-corrected chi connectivity index (χ2v) is 8.85. The zero-order valence-corrected chi connectivity index (χ0v) is 17.2. The van der Waals surface area contributed by atoms with Crippen LogP contribution in [-0.2, 0) is 22.7 Å². The van der Waals surface area contributed by atoms with E-state index in [2.05, 4.69) is 26.5 Å². The summed E-state index contributed by atoms with van der Waals surface area (Å²) in [7, 11) is 0. The first-order chi connectivity index (χ1) is 14.6. The first-order valence-corrected chi connectivity index (χ1v) is 11.0. The summed E-state index contributed by atoms with van der Waals surface area (Å²) in [5, 5.41) is 5.81. The number of benzene rings is 1. The van der Waals surface area contributed by atoms with Crippen LogP contribution in [0.3, 0.4) is 0 Å². The Balaban J connectivity index is 1.21. The van der Waals surface area contributed by atoms with Crippen LogP contribution in [0, 0.1) is 0 Å². The number of rotatable bonds is 4. The highest BCUT2D eigenvalue weighted by Crippen LogP contribution is 2.28. The fourth-order valence-corrected chi connectivity index (χ4v) is 5.22. The van der Waals surface area contributed by atoms with E-state index >= 15 is 0 Å². The molecular formula is C22H29N5O3. The lowest BCUT2D eigenvalue weighted by molar-refractivity contribution is -0.136. The molecule has 0 radical (unpaired) electrons. The molecule has 160 valence electrons. The van der Waals surface area contributed by atoms with Crippen molar-refractivity contribution in [3.63, 3.8) is 0 Å². The summed E-state index contributed by atoms with van der Waals surface area (Å²) in [6.07, 6.45) is 1.94. The first kappa shape index (κ1) is 19.7. The van der Waals surface area contributed by atoms with Crippen molar-refractivity contribution in [1.82, 2.24) is 25.3 Å². The van der Waals surface area contributed by atoms with Crippen molar-refractivity contribution in [2.24, 2.45) is 0 Å². The van der Waals surface area contributed by atoms with Gasteiger partial charge in [0.25, 0.3) is 5.91 Å². The maximum Gasteiger partial charge on any atom is 0.255 e. The summed E-state index contributed by atoms with van der Waals surface area (Å²) in [4.78, 5) is 43.1. The molecule has 0 aliphatic carbocycles. The standard InChI is InChI=1S/C22H29N5O3/c28-20-4-3-19(21(29)24-20)27-14-16-11-15(1-2-18(16)22(27)30)13-25-7-9-26(10-8-25)17-5-6-23-12-17/h1-2,11,17,19,23H,3-10,12-14H2,(H,24,28,29)/t17-,19?/m0/s1. The molecule has 1 aromatic rings. The molecule has 8 nitrogen and oxygen atoms in total. The molecule has 0 spiro atoms. The molecule has 4 heterocycles. The Bertz CT molecular complexity index is 858. The zero-order valence-electron chi connectivity index (χ0n) is 17.2. The maximum absolute atomic E-state index is 12.8. The maximum atomic E-state index is 12.8. The largest absolute Gasteiger partial charge is 0.322 e. The smallest absolute Gasteiger partial charge is 0.255 e. The van der Waals surface area contributed by atoms with Gasteiger partial charge in [-0.2, -0.15) is 0 Å². The van der Waals surface area contributed by atoms with E-state index in [4.69, 9.17) is 0 Å². The molecule has 2 N–H and O–H groups in total. The minimum absolute atomic E-state index is 0.107. The number of nitrogens with one attached hydrogen (secondary N) is 2. The number of hydrogen-bond acceptors (Lipinski definition) is 6. The van der Waals surface area contributed by atoms with E-state index < -0.39 is 6.04 Å². The second-order valence-electron chi connectivity index (χ2n) is 8.85. The van der Waals surface area contributed by atoms with Gasteiger partial charge in [-0.3, -0.25) is 29.5 Å². The van der Waals surface area contributed by atoms with E-state index in [1.807, 2.05) is 12.1 Å². The molecule has 1 aromatic carbocycles. The van der Waals surface area contributed by atoms with Crippen LogP contribution in [0.4, 0.5) is 0 Å². The topological polar surface area (TPSA) is 85.0 Å². The molecule has 0 saturated carbocycles. The van der Waals surface area contributed by atoms with Gasteiger partial charge >= 0.3 is 0 Å². The zero-order chi connectivity index (χ0) is 20.7. The number of piperidine rings is 1. The third-order valence-electron chi connectivity index (χ3n) is 6.95. The van der Waals surface area contributed by atoms with Gasteiger partial charge in [0.05, 0.1) is 0 Å². The van der Waals surface area contributed by atoms with Crippen LogP contribution < -0.4 is 10.6 Å². The molecular weight excluding hydrogens is 382 g/mol. The summed E-state index contributed by atoms with van der Waals surface area (Å²) in [5.74, 6) is -0.722. The van der Waals surface area contributed by atoms with Crippen molar-refractivity contribution in [2.45, 2.75) is 44.4 Å². The predicted octanol–water partition coefficient (Wildman–Crippen LogP) is -0.0729. The lowest BCUT2D eigenvalue weighted by Crippen LogP contribution is -2.52. The fourth-order valence-electron chi connectivity index (χ4n) is 5.22. The van der Waals surface area contributed by atoms with Gasteiger partial charge in [-0.05, 0) is 36.6 Å². The number of amides is 3. The minimum Gasteiger partial charge on any atom is -0.322 e. The Morgan fingerprint density at radius 1 is 1.03 bits per heavy atom. The van der Waals surface area contributed by atoms with Crippen molar-refractivity contribution in [3.8, 4) is 0 Å². The van der Waals surface area contributed by atoms with Gasteiger partial charge in [0, 0.05) is 63.8 Å². The van der Waals surface area contributed by atoms with Gasteiger partial charge in [0.15, 0.2) is 0 Å². The normalized spacial score (nSPS) is 28.1. The van der Waals surface area contributed by atoms with Gasteiger partial charge < -0.3 is 10.2 Å². The SMILES string of the molecule is O=C1CCC(N2Cc3cc(CN4CCN([C@H]5CCNC5)CC4)ccc3C2=O)C(=O)N1. The van der Waals surface area contributed by atoms with E-state index in [0.717, 1.165) is 51.4 Å². The number of fused-ring (bicyclic) bond motifs is 1. The summed E-state index contributed by atoms with van der Waals surface area (Å²) in [6, 6.07) is 6.20. The number of carbonyl (C=O) groups is 3. The molecule has 8 heteroatoms. The first-order valence-electron chi connectivity index (χ1n) is 11.0. The van der Waals surface area contributed by atoms with Crippen LogP contribution in [0.1, 0.15) is 40.7 Å². The molecule has 30 heavy (non-hydrogen) atoms. The third-order valence-corrected chi connectivity index (χ3v) is 6.95. The van der Waals surface area contributed by atoms with Crippen molar-refractivity contribution >= 4 is 17.7 Å². The average Bonchev–Trinajstić information content (AvgIpc) is 3.37. The van der Waals surface area contributed by atoms with E-state index in [1.54, 1.807) is 4.90 Å². The molecule has 0 aromatic heterocycles. The van der Waals surface area contributed by atoms with Crippen LogP contribution in [0.15, 0.2) is 18.2 Å². The predicted molar refractivity (Wildman–Crippen MR) is 111 cm³/mol. The molecule has 5 rings (SSSR count). The van der Waals surface area contributed by atoms with Gasteiger partial charge in [-0.1, -0.05) is 12.1 Å². The van der Waals surface area contributed by atoms with Crippen LogP contribution >= 0.6 is 0 Å². The summed E-state index contributed by atoms with van der Waals surface area (Å²) < 4.78 is 0. The highest BCUT2D eigenvalue weighted by atomic mass is 16.2. The second kappa shape index (κ2) is 8.09. The van der Waals surface area contributed by atoms with Gasteiger partial charge in [-0.15, -0.1) is 0 Å². The van der Waals surface area contributed by atoms with Crippen LogP contribution in [0.5, 0.6) is 0 Å². The number of hydrogen-bond donors (Lipinski definition) is 2. The van der Waals surface area contributed by atoms with Crippen molar-refractivity contribution in [2.75, 3.05) is 39.3 Å². The lowest BCUT2D eigenvalue weighted by atomic mass is 10.0. The Morgan fingerprint density at radius 2 is 1.87 bits per heavy atom. The molecule has 4 aliphatic heterocycles. The van der Waals surface area contributed by atoms with Crippen molar-refractivity contribution in [3.05, 3.63) is 34.9 Å². The van der Waals surface area contributed by atoms with Gasteiger partial charge in [0.1, 0.15) is 6.04 Å². The molecule has 2 atom stereocenters. The molecule has 1 unspecified atom stereocenters. The van der Waals surface area contributed by atoms with E-state index in [1.165, 1.54) is 12.0 Å². The number of carbonyl (C=O) groups excluding carboxylic acids is 3. The Morgan fingerprint density at radius 3 is 2.60 bits per heavy atom. The van der Waals surface area contributed by atoms with E-state index in [0.29, 0.717) is 24.6 Å². The van der Waals surface area contributed by atoms with Crippen molar-refractivity contribution in [1.29, 1.82) is 0 Å². The van der Waals surface area contributed by atoms with E-state index in [-0.39, 0.29) is 24.1 Å². The highest BCUT2D eigenvalue weighted by Gasteiger charge is 2.39. The fraction of sp³-hybridized carbons (Fsp3) is 0.591. The molecule has 3 saturated heterocycles. The molecule has 0 bridgehead atoms. The van der Waals surface area contributed by atoms with E-state index in [9.17, 15) is 14.4 Å². The third kappa shape index (κ3) is 3.75. The monoisotopic (exact) mass is 411 g/mol. The lowest BCUT2D eigenvalue weighted by Gasteiger charge is -2.37. The van der Waals surface area contributed by atoms with Crippen LogP contribution in [0.25, 0.3) is 0 Å². The number of nitrogens with zero attached hydrogens (tertiary/aromatic N) is 3.